The molecule has 0 bridgehead atoms. The van der Waals surface area contributed by atoms with Gasteiger partial charge in [-0.25, -0.2) is 4.79 Å². The van der Waals surface area contributed by atoms with Crippen LogP contribution < -0.4 is 9.47 Å². The van der Waals surface area contributed by atoms with Gasteiger partial charge < -0.3 is 19.6 Å². The molecule has 6 heteroatoms. The van der Waals surface area contributed by atoms with E-state index in [4.69, 9.17) is 9.47 Å². The van der Waals surface area contributed by atoms with Crippen LogP contribution in [0.2, 0.25) is 0 Å². The highest BCUT2D eigenvalue weighted by Gasteiger charge is 2.15. The highest BCUT2D eigenvalue weighted by Crippen LogP contribution is 2.32. The van der Waals surface area contributed by atoms with E-state index in [9.17, 15) is 9.90 Å². The lowest BCUT2D eigenvalue weighted by Crippen LogP contribution is -2.29. The van der Waals surface area contributed by atoms with Crippen LogP contribution in [-0.4, -0.2) is 54.8 Å². The Labute approximate surface area is 188 Å². The van der Waals surface area contributed by atoms with E-state index >= 15 is 0 Å². The molecular formula is C26H30N2O4. The van der Waals surface area contributed by atoms with Gasteiger partial charge in [0.2, 0.25) is 0 Å². The van der Waals surface area contributed by atoms with Gasteiger partial charge in [-0.15, -0.1) is 0 Å². The van der Waals surface area contributed by atoms with Crippen LogP contribution in [0.1, 0.15) is 40.7 Å². The highest BCUT2D eigenvalue weighted by molar-refractivity contribution is 5.94. The maximum absolute atomic E-state index is 11.3. The van der Waals surface area contributed by atoms with Gasteiger partial charge in [0.25, 0.3) is 0 Å². The summed E-state index contributed by atoms with van der Waals surface area (Å²) >= 11 is 0. The molecule has 0 unspecified atom stereocenters. The van der Waals surface area contributed by atoms with E-state index in [0.29, 0.717) is 5.56 Å². The van der Waals surface area contributed by atoms with Gasteiger partial charge in [-0.2, -0.15) is 0 Å². The number of hydrogen-bond acceptors (Lipinski definition) is 4. The molecule has 0 spiro atoms. The van der Waals surface area contributed by atoms with Crippen molar-refractivity contribution in [3.8, 4) is 11.5 Å². The first-order valence-corrected chi connectivity index (χ1v) is 11.1. The number of aromatic nitrogens is 1. The lowest BCUT2D eigenvalue weighted by atomic mass is 9.98. The number of aromatic carboxylic acids is 1. The third kappa shape index (κ3) is 4.81. The summed E-state index contributed by atoms with van der Waals surface area (Å²) in [6.07, 6.45) is 8.49. The molecule has 1 aliphatic rings. The smallest absolute Gasteiger partial charge is 0.335 e. The molecule has 0 radical (unpaired) electrons. The van der Waals surface area contributed by atoms with Crippen LogP contribution in [-0.2, 0) is 6.42 Å². The Balaban J connectivity index is 1.28. The topological polar surface area (TPSA) is 74.8 Å². The van der Waals surface area contributed by atoms with Crippen molar-refractivity contribution in [1.29, 1.82) is 0 Å². The molecule has 0 amide bonds. The number of nitrogens with zero attached hydrogens (tertiary/aromatic N) is 1. The van der Waals surface area contributed by atoms with Crippen LogP contribution in [0.15, 0.2) is 48.7 Å². The Morgan fingerprint density at radius 2 is 1.94 bits per heavy atom. The zero-order valence-electron chi connectivity index (χ0n) is 18.7. The highest BCUT2D eigenvalue weighted by atomic mass is 16.5. The molecule has 6 nitrogen and oxygen atoms in total. The van der Waals surface area contributed by atoms with E-state index in [2.05, 4.69) is 28.1 Å². The average Bonchev–Trinajstić information content (AvgIpc) is 3.24. The van der Waals surface area contributed by atoms with E-state index in [1.54, 1.807) is 26.4 Å². The quantitative estimate of drug-likeness (QED) is 0.464. The maximum Gasteiger partial charge on any atom is 0.335 e. The number of aromatic amines is 1. The molecule has 0 fully saturated rings. The van der Waals surface area contributed by atoms with E-state index in [-0.39, 0.29) is 0 Å². The van der Waals surface area contributed by atoms with Gasteiger partial charge >= 0.3 is 5.97 Å². The number of hydrogen-bond donors (Lipinski definition) is 2. The molecule has 0 aliphatic carbocycles. The second-order valence-corrected chi connectivity index (χ2v) is 8.19. The maximum atomic E-state index is 11.3. The monoisotopic (exact) mass is 434 g/mol. The number of H-pyrrole nitrogens is 1. The van der Waals surface area contributed by atoms with E-state index in [1.165, 1.54) is 16.7 Å². The number of aryl methyl sites for hydroxylation is 1. The minimum Gasteiger partial charge on any atom is -0.493 e. The number of nitrogens with one attached hydrogen (secondary N) is 1. The number of carboxylic acids is 1. The van der Waals surface area contributed by atoms with Crippen molar-refractivity contribution in [3.05, 3.63) is 65.4 Å². The molecule has 2 aromatic carbocycles. The molecule has 0 saturated carbocycles. The summed E-state index contributed by atoms with van der Waals surface area (Å²) in [7, 11) is 3.32. The van der Waals surface area contributed by atoms with Gasteiger partial charge in [0.05, 0.1) is 19.8 Å². The molecule has 168 valence electrons. The molecule has 1 aromatic heterocycles. The number of methoxy groups -OCH3 is 2. The Morgan fingerprint density at radius 1 is 1.09 bits per heavy atom. The summed E-state index contributed by atoms with van der Waals surface area (Å²) in [4.78, 5) is 17.0. The van der Waals surface area contributed by atoms with Crippen LogP contribution in [0.25, 0.3) is 16.5 Å². The normalized spacial score (nSPS) is 14.4. The average molecular weight is 435 g/mol. The number of carboxylic acid groups (broad SMARTS) is 1. The largest absolute Gasteiger partial charge is 0.493 e. The van der Waals surface area contributed by atoms with Crippen molar-refractivity contribution in [3.63, 3.8) is 0 Å². The number of rotatable bonds is 9. The Kier molecular flexibility index (Phi) is 6.81. The summed E-state index contributed by atoms with van der Waals surface area (Å²) in [5, 5.41) is 10.3. The number of ether oxygens (including phenoxy) is 2. The number of fused-ring (bicyclic) bond motifs is 1. The van der Waals surface area contributed by atoms with E-state index < -0.39 is 5.97 Å². The molecule has 2 N–H and O–H groups in total. The van der Waals surface area contributed by atoms with E-state index in [1.807, 2.05) is 18.3 Å². The number of carbonyl (C=O) groups is 1. The molecule has 3 aromatic rings. The van der Waals surface area contributed by atoms with Crippen LogP contribution in [0.4, 0.5) is 0 Å². The fourth-order valence-corrected chi connectivity index (χ4v) is 4.38. The van der Waals surface area contributed by atoms with E-state index in [0.717, 1.165) is 67.7 Å². The summed E-state index contributed by atoms with van der Waals surface area (Å²) in [5.41, 5.74) is 5.08. The first kappa shape index (κ1) is 22.0. The van der Waals surface area contributed by atoms with Gasteiger partial charge in [-0.3, -0.25) is 4.90 Å². The predicted molar refractivity (Wildman–Crippen MR) is 127 cm³/mol. The van der Waals surface area contributed by atoms with Crippen molar-refractivity contribution in [2.45, 2.75) is 25.7 Å². The van der Waals surface area contributed by atoms with Crippen molar-refractivity contribution in [2.24, 2.45) is 0 Å². The molecule has 2 heterocycles. The summed E-state index contributed by atoms with van der Waals surface area (Å²) in [6.45, 7) is 3.08. The SMILES string of the molecule is COc1ccc(C2=CCN(CCCCc3c[nH]c4ccc(C(=O)O)cc34)CC2)cc1OC. The molecule has 4 rings (SSSR count). The minimum atomic E-state index is -0.885. The number of benzene rings is 2. The van der Waals surface area contributed by atoms with Gasteiger partial charge in [-0.1, -0.05) is 12.1 Å². The summed E-state index contributed by atoms with van der Waals surface area (Å²) in [5.74, 6) is 0.634. The van der Waals surface area contributed by atoms with Crippen molar-refractivity contribution in [1.82, 2.24) is 9.88 Å². The first-order chi connectivity index (χ1) is 15.6. The zero-order chi connectivity index (χ0) is 22.5. The van der Waals surface area contributed by atoms with Crippen LogP contribution in [0, 0.1) is 0 Å². The van der Waals surface area contributed by atoms with Crippen molar-refractivity contribution < 1.29 is 19.4 Å². The van der Waals surface area contributed by atoms with Gasteiger partial charge in [0, 0.05) is 30.2 Å². The minimum absolute atomic E-state index is 0.337. The van der Waals surface area contributed by atoms with Crippen LogP contribution in [0.3, 0.4) is 0 Å². The second kappa shape index (κ2) is 9.92. The van der Waals surface area contributed by atoms with Crippen LogP contribution >= 0.6 is 0 Å². The summed E-state index contributed by atoms with van der Waals surface area (Å²) < 4.78 is 10.8. The van der Waals surface area contributed by atoms with Crippen molar-refractivity contribution in [2.75, 3.05) is 33.9 Å². The molecule has 0 atom stereocenters. The fourth-order valence-electron chi connectivity index (χ4n) is 4.38. The molecule has 1 aliphatic heterocycles. The Morgan fingerprint density at radius 3 is 2.66 bits per heavy atom. The zero-order valence-corrected chi connectivity index (χ0v) is 18.7. The lowest BCUT2D eigenvalue weighted by molar-refractivity contribution is 0.0697. The Hall–Kier alpha value is -3.25. The van der Waals surface area contributed by atoms with Crippen molar-refractivity contribution >= 4 is 22.4 Å². The number of unbranched alkanes of at least 4 members (excludes halogenated alkanes) is 1. The van der Waals surface area contributed by atoms with Gasteiger partial charge in [0.15, 0.2) is 11.5 Å². The van der Waals surface area contributed by atoms with Gasteiger partial charge in [0.1, 0.15) is 0 Å². The predicted octanol–water partition coefficient (Wildman–Crippen LogP) is 5.00. The van der Waals surface area contributed by atoms with Crippen LogP contribution in [0.5, 0.6) is 11.5 Å². The third-order valence-corrected chi connectivity index (χ3v) is 6.23. The fraction of sp³-hybridized carbons (Fsp3) is 0.346. The molecule has 0 saturated heterocycles. The first-order valence-electron chi connectivity index (χ1n) is 11.1. The summed E-state index contributed by atoms with van der Waals surface area (Å²) in [6, 6.07) is 11.4. The standard InChI is InChI=1S/C26H30N2O4/c1-31-24-9-7-19(16-25(24)32-2)18-10-13-28(14-11-18)12-4-3-5-21-17-27-23-8-6-20(26(29)30)15-22(21)23/h6-10,15-17,27H,3-5,11-14H2,1-2H3,(H,29,30). The Bertz CT molecular complexity index is 1130. The van der Waals surface area contributed by atoms with Gasteiger partial charge in [-0.05, 0) is 79.3 Å². The second-order valence-electron chi connectivity index (χ2n) is 8.19. The third-order valence-electron chi connectivity index (χ3n) is 6.23. The molecule has 32 heavy (non-hydrogen) atoms. The molecular weight excluding hydrogens is 404 g/mol. The lowest BCUT2D eigenvalue weighted by Gasteiger charge is -2.26.